The van der Waals surface area contributed by atoms with Crippen LogP contribution in [0.1, 0.15) is 45.0 Å². The molecule has 0 aliphatic rings. The molecule has 1 heterocycles. The molecule has 0 fully saturated rings. The second kappa shape index (κ2) is 7.80. The highest BCUT2D eigenvalue weighted by molar-refractivity contribution is 6.31. The molecule has 1 rings (SSSR count). The normalized spacial score (nSPS) is 12.9. The fraction of sp³-hybridized carbons (Fsp3) is 0.786. The number of hydrogen-bond acceptors (Lipinski definition) is 2. The molecule has 0 amide bonds. The zero-order chi connectivity index (χ0) is 13.5. The Kier molecular flexibility index (Phi) is 6.72. The summed E-state index contributed by atoms with van der Waals surface area (Å²) in [7, 11) is 0. The van der Waals surface area contributed by atoms with Gasteiger partial charge in [-0.05, 0) is 45.7 Å². The van der Waals surface area contributed by atoms with E-state index in [-0.39, 0.29) is 0 Å². The summed E-state index contributed by atoms with van der Waals surface area (Å²) >= 11 is 6.35. The third-order valence-corrected chi connectivity index (χ3v) is 3.86. The SMILES string of the molecule is CCCNCC(CC)Cc1c(Cl)c(C)nn1CC. The molecule has 0 aromatic carbocycles. The van der Waals surface area contributed by atoms with E-state index < -0.39 is 0 Å². The van der Waals surface area contributed by atoms with E-state index in [1.54, 1.807) is 0 Å². The average molecular weight is 272 g/mol. The molecule has 0 saturated heterocycles. The van der Waals surface area contributed by atoms with Gasteiger partial charge in [-0.3, -0.25) is 4.68 Å². The van der Waals surface area contributed by atoms with Crippen LogP contribution in [0.5, 0.6) is 0 Å². The van der Waals surface area contributed by atoms with Crippen LogP contribution >= 0.6 is 11.6 Å². The highest BCUT2D eigenvalue weighted by atomic mass is 35.5. The van der Waals surface area contributed by atoms with Gasteiger partial charge in [0.25, 0.3) is 0 Å². The molecule has 0 radical (unpaired) electrons. The molecule has 1 unspecified atom stereocenters. The maximum atomic E-state index is 6.35. The summed E-state index contributed by atoms with van der Waals surface area (Å²) in [5.74, 6) is 0.635. The van der Waals surface area contributed by atoms with Gasteiger partial charge in [-0.2, -0.15) is 5.10 Å². The average Bonchev–Trinajstić information content (AvgIpc) is 2.65. The van der Waals surface area contributed by atoms with Gasteiger partial charge in [0, 0.05) is 6.54 Å². The minimum atomic E-state index is 0.635. The van der Waals surface area contributed by atoms with E-state index in [4.69, 9.17) is 11.6 Å². The molecule has 1 aromatic heterocycles. The number of hydrogen-bond donors (Lipinski definition) is 1. The molecule has 1 aromatic rings. The van der Waals surface area contributed by atoms with Gasteiger partial charge >= 0.3 is 0 Å². The van der Waals surface area contributed by atoms with Gasteiger partial charge in [-0.25, -0.2) is 0 Å². The van der Waals surface area contributed by atoms with Gasteiger partial charge < -0.3 is 5.32 Å². The first-order valence-corrected chi connectivity index (χ1v) is 7.44. The molecule has 1 N–H and O–H groups in total. The van der Waals surface area contributed by atoms with Crippen LogP contribution in [0.25, 0.3) is 0 Å². The number of nitrogens with zero attached hydrogens (tertiary/aromatic N) is 2. The molecule has 0 spiro atoms. The van der Waals surface area contributed by atoms with Crippen molar-refractivity contribution in [2.75, 3.05) is 13.1 Å². The first-order valence-electron chi connectivity index (χ1n) is 7.06. The van der Waals surface area contributed by atoms with Crippen molar-refractivity contribution in [1.29, 1.82) is 0 Å². The van der Waals surface area contributed by atoms with Crippen LogP contribution in [0.2, 0.25) is 5.02 Å². The topological polar surface area (TPSA) is 29.9 Å². The van der Waals surface area contributed by atoms with Crippen molar-refractivity contribution < 1.29 is 0 Å². The van der Waals surface area contributed by atoms with Crippen LogP contribution in [0.4, 0.5) is 0 Å². The van der Waals surface area contributed by atoms with E-state index in [2.05, 4.69) is 31.2 Å². The van der Waals surface area contributed by atoms with Crippen molar-refractivity contribution in [1.82, 2.24) is 15.1 Å². The number of aromatic nitrogens is 2. The molecular weight excluding hydrogens is 246 g/mol. The minimum Gasteiger partial charge on any atom is -0.316 e. The number of aryl methyl sites for hydroxylation is 2. The summed E-state index contributed by atoms with van der Waals surface area (Å²) in [6, 6.07) is 0. The van der Waals surface area contributed by atoms with E-state index >= 15 is 0 Å². The summed E-state index contributed by atoms with van der Waals surface area (Å²) in [4.78, 5) is 0. The Morgan fingerprint density at radius 2 is 2.06 bits per heavy atom. The van der Waals surface area contributed by atoms with Crippen molar-refractivity contribution in [3.05, 3.63) is 16.4 Å². The van der Waals surface area contributed by atoms with E-state index in [1.807, 2.05) is 11.6 Å². The van der Waals surface area contributed by atoms with Crippen LogP contribution in [-0.2, 0) is 13.0 Å². The smallest absolute Gasteiger partial charge is 0.0847 e. The van der Waals surface area contributed by atoms with Crippen LogP contribution in [0.3, 0.4) is 0 Å². The van der Waals surface area contributed by atoms with Crippen LogP contribution < -0.4 is 5.32 Å². The van der Waals surface area contributed by atoms with E-state index in [0.29, 0.717) is 5.92 Å². The van der Waals surface area contributed by atoms with Gasteiger partial charge in [-0.15, -0.1) is 0 Å². The van der Waals surface area contributed by atoms with Gasteiger partial charge in [0.1, 0.15) is 0 Å². The Hall–Kier alpha value is -0.540. The van der Waals surface area contributed by atoms with Crippen molar-refractivity contribution in [2.45, 2.75) is 53.5 Å². The van der Waals surface area contributed by atoms with Gasteiger partial charge in [0.2, 0.25) is 0 Å². The fourth-order valence-electron chi connectivity index (χ4n) is 2.18. The maximum absolute atomic E-state index is 6.35. The molecule has 1 atom stereocenters. The monoisotopic (exact) mass is 271 g/mol. The predicted molar refractivity (Wildman–Crippen MR) is 78.3 cm³/mol. The van der Waals surface area contributed by atoms with Crippen molar-refractivity contribution in [2.24, 2.45) is 5.92 Å². The summed E-state index contributed by atoms with van der Waals surface area (Å²) in [6.07, 6.45) is 3.37. The maximum Gasteiger partial charge on any atom is 0.0847 e. The zero-order valence-electron chi connectivity index (χ0n) is 12.1. The van der Waals surface area contributed by atoms with E-state index in [9.17, 15) is 0 Å². The summed E-state index contributed by atoms with van der Waals surface area (Å²) in [5.41, 5.74) is 2.15. The standard InChI is InChI=1S/C14H26ClN3/c1-5-8-16-10-12(6-2)9-13-14(15)11(4)17-18(13)7-3/h12,16H,5-10H2,1-4H3. The Labute approximate surface area is 116 Å². The summed E-state index contributed by atoms with van der Waals surface area (Å²) in [6.45, 7) is 11.6. The third kappa shape index (κ3) is 3.99. The van der Waals surface area contributed by atoms with E-state index in [0.717, 1.165) is 36.8 Å². The number of nitrogens with one attached hydrogen (secondary N) is 1. The lowest BCUT2D eigenvalue weighted by molar-refractivity contribution is 0.443. The van der Waals surface area contributed by atoms with Gasteiger partial charge in [-0.1, -0.05) is 31.9 Å². The number of halogens is 1. The van der Waals surface area contributed by atoms with Crippen molar-refractivity contribution in [3.8, 4) is 0 Å². The minimum absolute atomic E-state index is 0.635. The molecule has 0 saturated carbocycles. The summed E-state index contributed by atoms with van der Waals surface area (Å²) in [5, 5.41) is 8.83. The molecular formula is C14H26ClN3. The molecule has 18 heavy (non-hydrogen) atoms. The van der Waals surface area contributed by atoms with Crippen LogP contribution in [0, 0.1) is 12.8 Å². The molecule has 0 bridgehead atoms. The highest BCUT2D eigenvalue weighted by Crippen LogP contribution is 2.23. The van der Waals surface area contributed by atoms with Crippen LogP contribution in [-0.4, -0.2) is 22.9 Å². The Morgan fingerprint density at radius 1 is 1.33 bits per heavy atom. The molecule has 0 aliphatic heterocycles. The first-order chi connectivity index (χ1) is 8.63. The molecule has 104 valence electrons. The summed E-state index contributed by atoms with van der Waals surface area (Å²) < 4.78 is 2.04. The zero-order valence-corrected chi connectivity index (χ0v) is 12.8. The lowest BCUT2D eigenvalue weighted by atomic mass is 10.00. The third-order valence-electron chi connectivity index (χ3n) is 3.37. The second-order valence-electron chi connectivity index (χ2n) is 4.84. The highest BCUT2D eigenvalue weighted by Gasteiger charge is 2.16. The lowest BCUT2D eigenvalue weighted by Crippen LogP contribution is -2.25. The van der Waals surface area contributed by atoms with E-state index in [1.165, 1.54) is 18.5 Å². The van der Waals surface area contributed by atoms with Crippen molar-refractivity contribution >= 4 is 11.6 Å². The van der Waals surface area contributed by atoms with Crippen molar-refractivity contribution in [3.63, 3.8) is 0 Å². The molecule has 3 nitrogen and oxygen atoms in total. The van der Waals surface area contributed by atoms with Crippen LogP contribution in [0.15, 0.2) is 0 Å². The molecule has 4 heteroatoms. The first kappa shape index (κ1) is 15.5. The Balaban J connectivity index is 2.68. The second-order valence-corrected chi connectivity index (χ2v) is 5.22. The Bertz CT molecular complexity index is 360. The fourth-order valence-corrected chi connectivity index (χ4v) is 2.39. The predicted octanol–water partition coefficient (Wildman–Crippen LogP) is 3.43. The molecule has 0 aliphatic carbocycles. The van der Waals surface area contributed by atoms with Gasteiger partial charge in [0.15, 0.2) is 0 Å². The lowest BCUT2D eigenvalue weighted by Gasteiger charge is -2.16. The largest absolute Gasteiger partial charge is 0.316 e. The quantitative estimate of drug-likeness (QED) is 0.734. The van der Waals surface area contributed by atoms with Gasteiger partial charge in [0.05, 0.1) is 16.4 Å². The Morgan fingerprint density at radius 3 is 2.61 bits per heavy atom. The number of rotatable bonds is 8.